The van der Waals surface area contributed by atoms with Crippen LogP contribution in [0.15, 0.2) is 4.52 Å². The van der Waals surface area contributed by atoms with Crippen molar-refractivity contribution in [2.24, 2.45) is 0 Å². The van der Waals surface area contributed by atoms with E-state index in [0.717, 1.165) is 12.8 Å². The van der Waals surface area contributed by atoms with Crippen LogP contribution in [0.25, 0.3) is 0 Å². The van der Waals surface area contributed by atoms with Crippen molar-refractivity contribution in [3.63, 3.8) is 0 Å². The van der Waals surface area contributed by atoms with Gasteiger partial charge in [-0.05, 0) is 13.3 Å². The van der Waals surface area contributed by atoms with Gasteiger partial charge in [-0.1, -0.05) is 5.16 Å². The first kappa shape index (κ1) is 13.5. The molecular formula is C12H20N2O4. The van der Waals surface area contributed by atoms with Gasteiger partial charge in [-0.25, -0.2) is 0 Å². The highest BCUT2D eigenvalue weighted by Gasteiger charge is 2.39. The Hall–Kier alpha value is -0.980. The maximum atomic E-state index is 8.79. The van der Waals surface area contributed by atoms with Gasteiger partial charge < -0.3 is 19.1 Å². The lowest BCUT2D eigenvalue weighted by Crippen LogP contribution is -2.37. The molecule has 102 valence electrons. The van der Waals surface area contributed by atoms with Gasteiger partial charge in [0.1, 0.15) is 5.60 Å². The van der Waals surface area contributed by atoms with Crippen LogP contribution in [-0.4, -0.2) is 41.7 Å². The van der Waals surface area contributed by atoms with Crippen LogP contribution in [-0.2, 0) is 21.5 Å². The summed E-state index contributed by atoms with van der Waals surface area (Å²) < 4.78 is 16.4. The second-order valence-corrected chi connectivity index (χ2v) is 4.38. The van der Waals surface area contributed by atoms with Crippen LogP contribution in [0.5, 0.6) is 0 Å². The van der Waals surface area contributed by atoms with Crippen LogP contribution in [0.4, 0.5) is 0 Å². The van der Waals surface area contributed by atoms with Crippen LogP contribution in [0.2, 0.25) is 0 Å². The lowest BCUT2D eigenvalue weighted by molar-refractivity contribution is -0.118. The average Bonchev–Trinajstić information content (AvgIpc) is 2.87. The maximum Gasteiger partial charge on any atom is 0.226 e. The Morgan fingerprint density at radius 2 is 2.17 bits per heavy atom. The number of aromatic nitrogens is 2. The number of aryl methyl sites for hydroxylation is 1. The first-order valence-electron chi connectivity index (χ1n) is 6.46. The molecule has 18 heavy (non-hydrogen) atoms. The summed E-state index contributed by atoms with van der Waals surface area (Å²) in [5.74, 6) is 1.17. The van der Waals surface area contributed by atoms with Crippen molar-refractivity contribution in [3.8, 4) is 0 Å². The Labute approximate surface area is 106 Å². The summed E-state index contributed by atoms with van der Waals surface area (Å²) in [5.41, 5.74) is -0.464. The van der Waals surface area contributed by atoms with Gasteiger partial charge in [0.05, 0.1) is 0 Å². The Kier molecular flexibility index (Phi) is 4.68. The molecule has 0 aromatic carbocycles. The van der Waals surface area contributed by atoms with Gasteiger partial charge in [0.25, 0.3) is 0 Å². The molecular weight excluding hydrogens is 236 g/mol. The average molecular weight is 256 g/mol. The summed E-state index contributed by atoms with van der Waals surface area (Å²) in [5, 5.41) is 12.8. The van der Waals surface area contributed by atoms with E-state index < -0.39 is 5.60 Å². The van der Waals surface area contributed by atoms with E-state index >= 15 is 0 Å². The number of hydrogen-bond donors (Lipinski definition) is 1. The number of hydrogen-bond acceptors (Lipinski definition) is 6. The molecule has 1 saturated heterocycles. The Morgan fingerprint density at radius 1 is 1.39 bits per heavy atom. The van der Waals surface area contributed by atoms with Crippen molar-refractivity contribution in [2.75, 3.05) is 26.4 Å². The second kappa shape index (κ2) is 6.26. The minimum absolute atomic E-state index is 0.127. The van der Waals surface area contributed by atoms with Gasteiger partial charge in [0.2, 0.25) is 11.7 Å². The fourth-order valence-electron chi connectivity index (χ4n) is 2.18. The van der Waals surface area contributed by atoms with Crippen LogP contribution < -0.4 is 0 Å². The molecule has 0 spiro atoms. The van der Waals surface area contributed by atoms with Crippen molar-refractivity contribution < 1.29 is 19.1 Å². The Bertz CT molecular complexity index is 355. The third-order valence-corrected chi connectivity index (χ3v) is 3.15. The minimum Gasteiger partial charge on any atom is -0.396 e. The van der Waals surface area contributed by atoms with Crippen molar-refractivity contribution in [1.82, 2.24) is 10.1 Å². The standard InChI is InChI=1S/C12H20N2O4/c1-2-17-12(5-8-16-9-6-12)11-13-10(18-14-11)4-3-7-15/h15H,2-9H2,1H3. The zero-order chi connectivity index (χ0) is 12.8. The molecule has 2 rings (SSSR count). The zero-order valence-electron chi connectivity index (χ0n) is 10.7. The number of rotatable bonds is 6. The molecule has 1 fully saturated rings. The minimum atomic E-state index is -0.464. The van der Waals surface area contributed by atoms with E-state index in [4.69, 9.17) is 19.1 Å². The number of aliphatic hydroxyl groups is 1. The second-order valence-electron chi connectivity index (χ2n) is 4.38. The first-order valence-corrected chi connectivity index (χ1v) is 6.46. The molecule has 0 aliphatic carbocycles. The topological polar surface area (TPSA) is 77.6 Å². The third kappa shape index (κ3) is 2.88. The first-order chi connectivity index (χ1) is 8.80. The number of ether oxygens (including phenoxy) is 2. The van der Waals surface area contributed by atoms with Gasteiger partial charge in [-0.2, -0.15) is 4.98 Å². The SMILES string of the molecule is CCOC1(c2noc(CCCO)n2)CCOCC1. The number of nitrogens with zero attached hydrogens (tertiary/aromatic N) is 2. The van der Waals surface area contributed by atoms with E-state index in [9.17, 15) is 0 Å². The van der Waals surface area contributed by atoms with Crippen LogP contribution in [0, 0.1) is 0 Å². The fraction of sp³-hybridized carbons (Fsp3) is 0.833. The van der Waals surface area contributed by atoms with E-state index in [2.05, 4.69) is 10.1 Å². The summed E-state index contributed by atoms with van der Waals surface area (Å²) in [6.45, 7) is 4.01. The van der Waals surface area contributed by atoms with E-state index in [1.54, 1.807) is 0 Å². The summed E-state index contributed by atoms with van der Waals surface area (Å²) in [6.07, 6.45) is 2.73. The molecule has 0 unspecified atom stereocenters. The summed E-state index contributed by atoms with van der Waals surface area (Å²) in [6, 6.07) is 0. The maximum absolute atomic E-state index is 8.79. The predicted octanol–water partition coefficient (Wildman–Crippen LogP) is 1.04. The van der Waals surface area contributed by atoms with Gasteiger partial charge in [-0.15, -0.1) is 0 Å². The highest BCUT2D eigenvalue weighted by molar-refractivity contribution is 5.03. The van der Waals surface area contributed by atoms with Crippen LogP contribution in [0.1, 0.15) is 37.9 Å². The van der Waals surface area contributed by atoms with Gasteiger partial charge in [0.15, 0.2) is 0 Å². The zero-order valence-corrected chi connectivity index (χ0v) is 10.7. The molecule has 0 saturated carbocycles. The fourth-order valence-corrected chi connectivity index (χ4v) is 2.18. The molecule has 0 amide bonds. The summed E-state index contributed by atoms with van der Waals surface area (Å²) >= 11 is 0. The summed E-state index contributed by atoms with van der Waals surface area (Å²) in [7, 11) is 0. The smallest absolute Gasteiger partial charge is 0.226 e. The van der Waals surface area contributed by atoms with Gasteiger partial charge in [0, 0.05) is 45.7 Å². The molecule has 1 aliphatic rings. The van der Waals surface area contributed by atoms with Crippen LogP contribution >= 0.6 is 0 Å². The van der Waals surface area contributed by atoms with Crippen molar-refractivity contribution >= 4 is 0 Å². The normalized spacial score (nSPS) is 19.0. The lowest BCUT2D eigenvalue weighted by Gasteiger charge is -2.33. The highest BCUT2D eigenvalue weighted by atomic mass is 16.5. The molecule has 0 radical (unpaired) electrons. The van der Waals surface area contributed by atoms with Gasteiger partial charge in [-0.3, -0.25) is 0 Å². The Morgan fingerprint density at radius 3 is 2.83 bits per heavy atom. The highest BCUT2D eigenvalue weighted by Crippen LogP contribution is 2.34. The third-order valence-electron chi connectivity index (χ3n) is 3.15. The molecule has 0 bridgehead atoms. The summed E-state index contributed by atoms with van der Waals surface area (Å²) in [4.78, 5) is 4.39. The van der Waals surface area contributed by atoms with Gasteiger partial charge >= 0.3 is 0 Å². The quantitative estimate of drug-likeness (QED) is 0.819. The molecule has 2 heterocycles. The monoisotopic (exact) mass is 256 g/mol. The Balaban J connectivity index is 2.12. The molecule has 1 aromatic heterocycles. The molecule has 6 heteroatoms. The predicted molar refractivity (Wildman–Crippen MR) is 63.1 cm³/mol. The van der Waals surface area contributed by atoms with E-state index in [1.807, 2.05) is 6.92 Å². The number of aliphatic hydroxyl groups excluding tert-OH is 1. The lowest BCUT2D eigenvalue weighted by atomic mass is 9.93. The largest absolute Gasteiger partial charge is 0.396 e. The molecule has 1 N–H and O–H groups in total. The van der Waals surface area contributed by atoms with E-state index in [0.29, 0.717) is 44.4 Å². The van der Waals surface area contributed by atoms with E-state index in [1.165, 1.54) is 0 Å². The molecule has 6 nitrogen and oxygen atoms in total. The van der Waals surface area contributed by atoms with Crippen molar-refractivity contribution in [3.05, 3.63) is 11.7 Å². The molecule has 0 atom stereocenters. The van der Waals surface area contributed by atoms with E-state index in [-0.39, 0.29) is 6.61 Å². The molecule has 1 aliphatic heterocycles. The van der Waals surface area contributed by atoms with Crippen LogP contribution in [0.3, 0.4) is 0 Å². The van der Waals surface area contributed by atoms with Crippen molar-refractivity contribution in [2.45, 2.75) is 38.2 Å². The van der Waals surface area contributed by atoms with Crippen molar-refractivity contribution in [1.29, 1.82) is 0 Å². The molecule has 1 aromatic rings.